The number of rotatable bonds is 6. The molecular formula is C19H18ClF3N2O5S. The normalized spacial score (nSPS) is 15.5. The molecule has 1 saturated heterocycles. The molecule has 1 heterocycles. The molecule has 3 rings (SSSR count). The van der Waals surface area contributed by atoms with Crippen LogP contribution in [0.2, 0.25) is 5.02 Å². The summed E-state index contributed by atoms with van der Waals surface area (Å²) in [5.74, 6) is -0.516. The van der Waals surface area contributed by atoms with Crippen LogP contribution in [0.5, 0.6) is 5.75 Å². The van der Waals surface area contributed by atoms with Gasteiger partial charge in [-0.1, -0.05) is 11.6 Å². The number of carbonyl (C=O) groups is 1. The molecule has 0 aliphatic carbocycles. The van der Waals surface area contributed by atoms with Crippen molar-refractivity contribution in [2.45, 2.75) is 11.1 Å². The molecular weight excluding hydrogens is 461 g/mol. The average Bonchev–Trinajstić information content (AvgIpc) is 2.74. The summed E-state index contributed by atoms with van der Waals surface area (Å²) in [6.45, 7) is 0.663. The molecule has 1 amide bonds. The van der Waals surface area contributed by atoms with E-state index in [2.05, 4.69) is 5.32 Å². The van der Waals surface area contributed by atoms with Crippen LogP contribution in [0, 0.1) is 0 Å². The molecule has 2 aromatic rings. The van der Waals surface area contributed by atoms with Crippen LogP contribution in [-0.4, -0.2) is 51.5 Å². The van der Waals surface area contributed by atoms with Gasteiger partial charge in [-0.2, -0.15) is 17.5 Å². The molecule has 1 aliphatic rings. The van der Waals surface area contributed by atoms with E-state index in [1.165, 1.54) is 28.6 Å². The van der Waals surface area contributed by atoms with E-state index in [1.807, 2.05) is 0 Å². The Morgan fingerprint density at radius 2 is 1.77 bits per heavy atom. The molecule has 0 unspecified atom stereocenters. The molecule has 0 atom stereocenters. The number of hydrogen-bond acceptors (Lipinski definition) is 5. The van der Waals surface area contributed by atoms with Crippen LogP contribution >= 0.6 is 11.6 Å². The van der Waals surface area contributed by atoms with Crippen LogP contribution in [0.1, 0.15) is 5.56 Å². The van der Waals surface area contributed by atoms with Gasteiger partial charge >= 0.3 is 6.18 Å². The zero-order valence-electron chi connectivity index (χ0n) is 16.0. The number of ether oxygens (including phenoxy) is 2. The van der Waals surface area contributed by atoms with E-state index in [9.17, 15) is 26.4 Å². The summed E-state index contributed by atoms with van der Waals surface area (Å²) in [6.07, 6.45) is -4.58. The fourth-order valence-corrected chi connectivity index (χ4v) is 4.35. The van der Waals surface area contributed by atoms with E-state index in [4.69, 9.17) is 21.1 Å². The Morgan fingerprint density at radius 1 is 1.13 bits per heavy atom. The molecule has 1 aliphatic heterocycles. The molecule has 0 saturated carbocycles. The number of amides is 1. The summed E-state index contributed by atoms with van der Waals surface area (Å²) in [5, 5.41) is 2.20. The van der Waals surface area contributed by atoms with E-state index in [0.29, 0.717) is 13.2 Å². The van der Waals surface area contributed by atoms with Crippen LogP contribution in [0.4, 0.5) is 18.9 Å². The monoisotopic (exact) mass is 478 g/mol. The number of alkyl halides is 3. The predicted molar refractivity (Wildman–Crippen MR) is 107 cm³/mol. The van der Waals surface area contributed by atoms with E-state index in [-0.39, 0.29) is 34.4 Å². The van der Waals surface area contributed by atoms with Crippen LogP contribution < -0.4 is 10.1 Å². The highest BCUT2D eigenvalue weighted by Gasteiger charge is 2.31. The van der Waals surface area contributed by atoms with E-state index < -0.39 is 34.3 Å². The second kappa shape index (κ2) is 9.43. The maximum Gasteiger partial charge on any atom is 0.416 e. The largest absolute Gasteiger partial charge is 0.484 e. The van der Waals surface area contributed by atoms with Gasteiger partial charge in [0.15, 0.2) is 6.61 Å². The molecule has 7 nitrogen and oxygen atoms in total. The minimum absolute atomic E-state index is 0.0565. The molecule has 12 heteroatoms. The second-order valence-corrected chi connectivity index (χ2v) is 8.86. The Bertz CT molecular complexity index is 1040. The highest BCUT2D eigenvalue weighted by atomic mass is 35.5. The van der Waals surface area contributed by atoms with Gasteiger partial charge in [0, 0.05) is 13.1 Å². The minimum Gasteiger partial charge on any atom is -0.484 e. The third-order valence-corrected chi connectivity index (χ3v) is 6.61. The first-order valence-corrected chi connectivity index (χ1v) is 10.9. The highest BCUT2D eigenvalue weighted by molar-refractivity contribution is 7.89. The maximum absolute atomic E-state index is 12.8. The SMILES string of the molecule is O=C(COc1ccc(S(=O)(=O)N2CCOCC2)cc1)Nc1cc(C(F)(F)F)ccc1Cl. The Hall–Kier alpha value is -2.34. The lowest BCUT2D eigenvalue weighted by molar-refractivity contribution is -0.137. The summed E-state index contributed by atoms with van der Waals surface area (Å²) in [4.78, 5) is 12.1. The summed E-state index contributed by atoms with van der Waals surface area (Å²) < 4.78 is 75.3. The first-order valence-electron chi connectivity index (χ1n) is 9.05. The Labute approximate surface area is 181 Å². The molecule has 0 bridgehead atoms. The van der Waals surface area contributed by atoms with Crippen LogP contribution in [-0.2, 0) is 25.7 Å². The van der Waals surface area contributed by atoms with Gasteiger partial charge in [-0.15, -0.1) is 0 Å². The van der Waals surface area contributed by atoms with Gasteiger partial charge in [-0.05, 0) is 42.5 Å². The van der Waals surface area contributed by atoms with Crippen LogP contribution in [0.15, 0.2) is 47.4 Å². The molecule has 2 aromatic carbocycles. The number of carbonyl (C=O) groups excluding carboxylic acids is 1. The zero-order valence-corrected chi connectivity index (χ0v) is 17.6. The van der Waals surface area contributed by atoms with E-state index in [0.717, 1.165) is 18.2 Å². The quantitative estimate of drug-likeness (QED) is 0.688. The third-order valence-electron chi connectivity index (χ3n) is 4.37. The predicted octanol–water partition coefficient (Wildman–Crippen LogP) is 3.40. The number of morpholine rings is 1. The van der Waals surface area contributed by atoms with Gasteiger partial charge in [-0.25, -0.2) is 8.42 Å². The smallest absolute Gasteiger partial charge is 0.416 e. The maximum atomic E-state index is 12.8. The van der Waals surface area contributed by atoms with Gasteiger partial charge in [0.25, 0.3) is 5.91 Å². The Morgan fingerprint density at radius 3 is 2.39 bits per heavy atom. The lowest BCUT2D eigenvalue weighted by Crippen LogP contribution is -2.40. The fraction of sp³-hybridized carbons (Fsp3) is 0.316. The van der Waals surface area contributed by atoms with Crippen molar-refractivity contribution in [3.8, 4) is 5.75 Å². The van der Waals surface area contributed by atoms with Crippen molar-refractivity contribution in [1.82, 2.24) is 4.31 Å². The number of benzene rings is 2. The van der Waals surface area contributed by atoms with Gasteiger partial charge in [0.2, 0.25) is 10.0 Å². The topological polar surface area (TPSA) is 84.9 Å². The first-order chi connectivity index (χ1) is 14.6. The van der Waals surface area contributed by atoms with Gasteiger partial charge in [0.1, 0.15) is 5.75 Å². The summed E-state index contributed by atoms with van der Waals surface area (Å²) in [5.41, 5.74) is -1.15. The number of nitrogens with one attached hydrogen (secondary N) is 1. The van der Waals surface area contributed by atoms with Crippen molar-refractivity contribution in [3.05, 3.63) is 53.1 Å². The molecule has 168 valence electrons. The van der Waals surface area contributed by atoms with Crippen LogP contribution in [0.3, 0.4) is 0 Å². The Balaban J connectivity index is 1.60. The number of halogens is 4. The third kappa shape index (κ3) is 5.88. The van der Waals surface area contributed by atoms with Gasteiger partial charge in [-0.3, -0.25) is 4.79 Å². The summed E-state index contributed by atoms with van der Waals surface area (Å²) in [7, 11) is -3.66. The Kier molecular flexibility index (Phi) is 7.10. The molecule has 1 fully saturated rings. The van der Waals surface area contributed by atoms with Crippen molar-refractivity contribution in [2.75, 3.05) is 38.2 Å². The fourth-order valence-electron chi connectivity index (χ4n) is 2.78. The number of nitrogens with zero attached hydrogens (tertiary/aromatic N) is 1. The standard InChI is InChI=1S/C19H18ClF3N2O5S/c20-16-6-1-13(19(21,22)23)11-17(16)24-18(26)12-30-14-2-4-15(5-3-14)31(27,28)25-7-9-29-10-8-25/h1-6,11H,7-10,12H2,(H,24,26). The average molecular weight is 479 g/mol. The van der Waals surface area contributed by atoms with E-state index in [1.54, 1.807) is 0 Å². The van der Waals surface area contributed by atoms with Gasteiger partial charge < -0.3 is 14.8 Å². The summed E-state index contributed by atoms with van der Waals surface area (Å²) >= 11 is 5.84. The number of anilines is 1. The molecule has 31 heavy (non-hydrogen) atoms. The summed E-state index contributed by atoms with van der Waals surface area (Å²) in [6, 6.07) is 8.04. The zero-order chi connectivity index (χ0) is 22.6. The van der Waals surface area contributed by atoms with Crippen molar-refractivity contribution in [1.29, 1.82) is 0 Å². The van der Waals surface area contributed by atoms with Crippen molar-refractivity contribution >= 4 is 33.2 Å². The molecule has 1 N–H and O–H groups in total. The van der Waals surface area contributed by atoms with Gasteiger partial charge in [0.05, 0.1) is 34.4 Å². The van der Waals surface area contributed by atoms with Crippen molar-refractivity contribution < 1.29 is 35.9 Å². The highest BCUT2D eigenvalue weighted by Crippen LogP contribution is 2.33. The lowest BCUT2D eigenvalue weighted by atomic mass is 10.2. The first kappa shape index (κ1) is 23.3. The minimum atomic E-state index is -4.58. The molecule has 0 spiro atoms. The number of sulfonamides is 1. The molecule has 0 aromatic heterocycles. The van der Waals surface area contributed by atoms with E-state index >= 15 is 0 Å². The lowest BCUT2D eigenvalue weighted by Gasteiger charge is -2.26. The van der Waals surface area contributed by atoms with Crippen molar-refractivity contribution in [3.63, 3.8) is 0 Å². The van der Waals surface area contributed by atoms with Crippen LogP contribution in [0.25, 0.3) is 0 Å². The van der Waals surface area contributed by atoms with Crippen molar-refractivity contribution in [2.24, 2.45) is 0 Å². The second-order valence-electron chi connectivity index (χ2n) is 6.52. The number of hydrogen-bond donors (Lipinski definition) is 1. The molecule has 0 radical (unpaired) electrons.